The summed E-state index contributed by atoms with van der Waals surface area (Å²) in [6, 6.07) is 0. The highest BCUT2D eigenvalue weighted by Gasteiger charge is 2.30. The molecule has 0 aliphatic carbocycles. The summed E-state index contributed by atoms with van der Waals surface area (Å²) >= 11 is 0. The molecule has 17 nitrogen and oxygen atoms in total. The number of ether oxygens (including phenoxy) is 4. The zero-order valence-electron chi connectivity index (χ0n) is 69.0. The quantitative estimate of drug-likeness (QED) is 0.0222. The standard InChI is InChI=1S/C86H168O17P2/c1-7-10-12-14-16-18-19-20-21-22-23-24-28-31-34-39-45-51-57-63-69-84(89)97-75-82(103-85(90)70-64-58-52-46-40-35-32-29-26-25-27-30-33-38-44-49-55-61-67-79(6)9-3)77-101-105(94,95)99-73-80(87)72-98-104(92,93)100-76-81(74-96-83(88)68-62-56-50-42-17-15-13-11-8-2)102-86(91)71-65-59-53-47-41-36-37-43-48-54-60-66-78(4)5/h78-82,87H,7-77H2,1-6H3,(H,92,93)(H,94,95)/t79?,80-,81+,82+/m0/s1. The summed E-state index contributed by atoms with van der Waals surface area (Å²) in [5.41, 5.74) is 0. The van der Waals surface area contributed by atoms with E-state index in [1.807, 2.05) is 0 Å². The van der Waals surface area contributed by atoms with Crippen molar-refractivity contribution >= 4 is 39.5 Å². The number of phosphoric acid groups is 2. The van der Waals surface area contributed by atoms with E-state index in [0.29, 0.717) is 25.7 Å². The Bertz CT molecular complexity index is 2010. The Balaban J connectivity index is 5.20. The number of aliphatic hydroxyl groups excluding tert-OH is 1. The number of hydrogen-bond acceptors (Lipinski definition) is 15. The van der Waals surface area contributed by atoms with Gasteiger partial charge in [-0.2, -0.15) is 0 Å². The Morgan fingerprint density at radius 1 is 0.276 bits per heavy atom. The maximum Gasteiger partial charge on any atom is 0.472 e. The fourth-order valence-corrected chi connectivity index (χ4v) is 15.0. The normalized spacial score (nSPS) is 14.1. The Morgan fingerprint density at radius 2 is 0.486 bits per heavy atom. The topological polar surface area (TPSA) is 237 Å². The summed E-state index contributed by atoms with van der Waals surface area (Å²) in [5, 5.41) is 10.7. The van der Waals surface area contributed by atoms with Crippen molar-refractivity contribution in [2.45, 2.75) is 477 Å². The smallest absolute Gasteiger partial charge is 0.462 e. The largest absolute Gasteiger partial charge is 0.472 e. The summed E-state index contributed by atoms with van der Waals surface area (Å²) in [6.45, 7) is 9.71. The number of esters is 4. The van der Waals surface area contributed by atoms with Gasteiger partial charge in [0.1, 0.15) is 19.3 Å². The highest BCUT2D eigenvalue weighted by molar-refractivity contribution is 7.47. The van der Waals surface area contributed by atoms with E-state index in [4.69, 9.17) is 37.0 Å². The lowest BCUT2D eigenvalue weighted by atomic mass is 9.99. The fraction of sp³-hybridized carbons (Fsp3) is 0.953. The molecule has 0 heterocycles. The van der Waals surface area contributed by atoms with Crippen molar-refractivity contribution < 1.29 is 80.2 Å². The third kappa shape index (κ3) is 78.5. The lowest BCUT2D eigenvalue weighted by Crippen LogP contribution is -2.30. The Hall–Kier alpha value is -1.94. The minimum atomic E-state index is -4.97. The van der Waals surface area contributed by atoms with Crippen molar-refractivity contribution in [3.05, 3.63) is 0 Å². The van der Waals surface area contributed by atoms with E-state index in [9.17, 15) is 43.2 Å². The minimum absolute atomic E-state index is 0.107. The number of carbonyl (C=O) groups excluding carboxylic acids is 4. The molecule has 0 aromatic heterocycles. The highest BCUT2D eigenvalue weighted by atomic mass is 31.2. The van der Waals surface area contributed by atoms with Crippen molar-refractivity contribution in [2.75, 3.05) is 39.6 Å². The van der Waals surface area contributed by atoms with Crippen LogP contribution in [-0.2, 0) is 65.4 Å². The summed E-state index contributed by atoms with van der Waals surface area (Å²) < 4.78 is 68.8. The predicted molar refractivity (Wildman–Crippen MR) is 432 cm³/mol. The first-order valence-electron chi connectivity index (χ1n) is 44.5. The molecule has 0 amide bonds. The zero-order valence-corrected chi connectivity index (χ0v) is 70.8. The van der Waals surface area contributed by atoms with Crippen molar-refractivity contribution in [2.24, 2.45) is 11.8 Å². The first-order valence-corrected chi connectivity index (χ1v) is 47.5. The Kier molecular flexibility index (Phi) is 76.0. The number of rotatable bonds is 85. The molecular formula is C86H168O17P2. The van der Waals surface area contributed by atoms with Crippen LogP contribution < -0.4 is 0 Å². The van der Waals surface area contributed by atoms with Crippen molar-refractivity contribution in [1.29, 1.82) is 0 Å². The van der Waals surface area contributed by atoms with E-state index in [0.717, 1.165) is 102 Å². The molecule has 3 unspecified atom stereocenters. The maximum atomic E-state index is 13.1. The lowest BCUT2D eigenvalue weighted by molar-refractivity contribution is -0.161. The highest BCUT2D eigenvalue weighted by Crippen LogP contribution is 2.45. The summed E-state index contributed by atoms with van der Waals surface area (Å²) in [5.74, 6) is -0.468. The second-order valence-electron chi connectivity index (χ2n) is 31.6. The molecule has 0 aromatic rings. The van der Waals surface area contributed by atoms with Crippen LogP contribution in [0.2, 0.25) is 0 Å². The van der Waals surface area contributed by atoms with Gasteiger partial charge in [-0.05, 0) is 37.5 Å². The molecule has 0 saturated heterocycles. The van der Waals surface area contributed by atoms with Crippen LogP contribution in [0.1, 0.15) is 459 Å². The van der Waals surface area contributed by atoms with Crippen LogP contribution in [0.3, 0.4) is 0 Å². The lowest BCUT2D eigenvalue weighted by Gasteiger charge is -2.21. The number of unbranched alkanes of at least 4 members (excludes halogenated alkanes) is 54. The molecule has 105 heavy (non-hydrogen) atoms. The van der Waals surface area contributed by atoms with Gasteiger partial charge in [-0.15, -0.1) is 0 Å². The van der Waals surface area contributed by atoms with Crippen LogP contribution in [0.4, 0.5) is 0 Å². The van der Waals surface area contributed by atoms with E-state index in [-0.39, 0.29) is 25.7 Å². The Labute approximate surface area is 645 Å². The molecule has 6 atom stereocenters. The van der Waals surface area contributed by atoms with Crippen LogP contribution in [-0.4, -0.2) is 96.7 Å². The van der Waals surface area contributed by atoms with E-state index < -0.39 is 97.5 Å². The van der Waals surface area contributed by atoms with Gasteiger partial charge in [0.05, 0.1) is 26.4 Å². The van der Waals surface area contributed by atoms with Gasteiger partial charge < -0.3 is 33.8 Å². The first-order chi connectivity index (χ1) is 50.9. The molecule has 0 radical (unpaired) electrons. The molecule has 624 valence electrons. The molecule has 0 bridgehead atoms. The van der Waals surface area contributed by atoms with Gasteiger partial charge in [-0.3, -0.25) is 37.3 Å². The molecule has 0 fully saturated rings. The molecule has 0 aliphatic rings. The SMILES string of the molecule is CCCCCCCCCCCCCCCCCCCCCCC(=O)OC[C@H](COP(=O)(O)OC[C@@H](O)COP(=O)(O)OC[C@@H](COC(=O)CCCCCCCCCCC)OC(=O)CCCCCCCCCCCCCC(C)C)OC(=O)CCCCCCCCCCCCCCCCCCCCC(C)CC. The van der Waals surface area contributed by atoms with E-state index >= 15 is 0 Å². The average Bonchev–Trinajstić information content (AvgIpc) is 0.950. The zero-order chi connectivity index (χ0) is 77.1. The second kappa shape index (κ2) is 77.4. The van der Waals surface area contributed by atoms with Crippen LogP contribution in [0.5, 0.6) is 0 Å². The molecule has 0 saturated carbocycles. The number of phosphoric ester groups is 2. The van der Waals surface area contributed by atoms with Gasteiger partial charge in [-0.1, -0.05) is 408 Å². The van der Waals surface area contributed by atoms with Gasteiger partial charge >= 0.3 is 39.5 Å². The van der Waals surface area contributed by atoms with E-state index in [1.165, 1.54) is 276 Å². The average molecular weight is 1540 g/mol. The maximum absolute atomic E-state index is 13.1. The van der Waals surface area contributed by atoms with Gasteiger partial charge in [0, 0.05) is 25.7 Å². The second-order valence-corrected chi connectivity index (χ2v) is 34.6. The van der Waals surface area contributed by atoms with Gasteiger partial charge in [0.15, 0.2) is 12.2 Å². The molecule has 0 aliphatic heterocycles. The fourth-order valence-electron chi connectivity index (χ4n) is 13.4. The summed E-state index contributed by atoms with van der Waals surface area (Å²) in [6.07, 6.45) is 69.5. The number of hydrogen-bond donors (Lipinski definition) is 3. The Morgan fingerprint density at radius 3 is 0.724 bits per heavy atom. The molecule has 19 heteroatoms. The molecule has 0 aromatic carbocycles. The van der Waals surface area contributed by atoms with Crippen molar-refractivity contribution in [1.82, 2.24) is 0 Å². The molecular weight excluding hydrogens is 1370 g/mol. The predicted octanol–water partition coefficient (Wildman–Crippen LogP) is 26.2. The van der Waals surface area contributed by atoms with Crippen LogP contribution >= 0.6 is 15.6 Å². The van der Waals surface area contributed by atoms with Crippen molar-refractivity contribution in [3.8, 4) is 0 Å². The van der Waals surface area contributed by atoms with Crippen LogP contribution in [0.15, 0.2) is 0 Å². The molecule has 3 N–H and O–H groups in total. The number of aliphatic hydroxyl groups is 1. The third-order valence-electron chi connectivity index (χ3n) is 20.6. The van der Waals surface area contributed by atoms with Crippen LogP contribution in [0.25, 0.3) is 0 Å². The van der Waals surface area contributed by atoms with Gasteiger partial charge in [0.25, 0.3) is 0 Å². The van der Waals surface area contributed by atoms with Gasteiger partial charge in [-0.25, -0.2) is 9.13 Å². The van der Waals surface area contributed by atoms with Crippen LogP contribution in [0, 0.1) is 11.8 Å². The van der Waals surface area contributed by atoms with E-state index in [1.54, 1.807) is 0 Å². The van der Waals surface area contributed by atoms with E-state index in [2.05, 4.69) is 41.5 Å². The molecule has 0 spiro atoms. The number of carbonyl (C=O) groups is 4. The van der Waals surface area contributed by atoms with Gasteiger partial charge in [0.2, 0.25) is 0 Å². The minimum Gasteiger partial charge on any atom is -0.462 e. The third-order valence-corrected chi connectivity index (χ3v) is 22.5. The summed E-state index contributed by atoms with van der Waals surface area (Å²) in [7, 11) is -9.92. The molecule has 0 rings (SSSR count). The monoisotopic (exact) mass is 1540 g/mol. The summed E-state index contributed by atoms with van der Waals surface area (Å²) in [4.78, 5) is 73.1. The van der Waals surface area contributed by atoms with Crippen molar-refractivity contribution in [3.63, 3.8) is 0 Å². The first kappa shape index (κ1) is 103.